The van der Waals surface area contributed by atoms with E-state index in [0.29, 0.717) is 17.2 Å². The highest BCUT2D eigenvalue weighted by Gasteiger charge is 2.30. The van der Waals surface area contributed by atoms with Crippen LogP contribution in [0.5, 0.6) is 11.5 Å². The molecule has 0 atom stereocenters. The van der Waals surface area contributed by atoms with Crippen LogP contribution in [0.25, 0.3) is 0 Å². The number of benzene rings is 3. The molecule has 0 aliphatic carbocycles. The molecule has 1 heterocycles. The van der Waals surface area contributed by atoms with E-state index in [9.17, 15) is 13.2 Å². The molecule has 1 aromatic heterocycles. The van der Waals surface area contributed by atoms with Crippen LogP contribution in [0, 0.1) is 0 Å². The SMILES string of the molecule is FC(F)(F)c1cccc(Oc2ccc(Cl)c(Cc3cc(Cc4ccccc4)cnn3)c2)c1. The number of alkyl halides is 3. The van der Waals surface area contributed by atoms with Crippen molar-refractivity contribution in [1.82, 2.24) is 10.2 Å². The normalized spacial score (nSPS) is 11.4. The standard InChI is InChI=1S/C25H18ClF3N2O/c26-24-10-9-23(32-22-8-4-7-20(15-22)25(27,28)29)14-19(24)13-21-12-18(16-30-31-21)11-17-5-2-1-3-6-17/h1-10,12,14-16H,11,13H2. The van der Waals surface area contributed by atoms with Crippen LogP contribution in [0.2, 0.25) is 5.02 Å². The molecule has 0 unspecified atom stereocenters. The maximum absolute atomic E-state index is 13.0. The number of ether oxygens (including phenoxy) is 1. The Hall–Kier alpha value is -3.38. The Morgan fingerprint density at radius 1 is 0.781 bits per heavy atom. The maximum atomic E-state index is 13.0. The zero-order valence-electron chi connectivity index (χ0n) is 16.8. The van der Waals surface area contributed by atoms with Crippen LogP contribution in [0.4, 0.5) is 13.2 Å². The van der Waals surface area contributed by atoms with Gasteiger partial charge in [0.05, 0.1) is 17.5 Å². The lowest BCUT2D eigenvalue weighted by atomic mass is 10.0. The highest BCUT2D eigenvalue weighted by atomic mass is 35.5. The Bertz CT molecular complexity index is 1210. The van der Waals surface area contributed by atoms with Crippen LogP contribution in [0.3, 0.4) is 0 Å². The summed E-state index contributed by atoms with van der Waals surface area (Å²) in [5.74, 6) is 0.481. The number of hydrogen-bond acceptors (Lipinski definition) is 3. The van der Waals surface area contributed by atoms with Crippen molar-refractivity contribution in [3.8, 4) is 11.5 Å². The second-order valence-electron chi connectivity index (χ2n) is 7.28. The topological polar surface area (TPSA) is 35.0 Å². The Kier molecular flexibility index (Phi) is 6.42. The molecule has 0 N–H and O–H groups in total. The Morgan fingerprint density at radius 2 is 1.56 bits per heavy atom. The average molecular weight is 455 g/mol. The summed E-state index contributed by atoms with van der Waals surface area (Å²) in [6.07, 6.45) is -1.57. The van der Waals surface area contributed by atoms with Gasteiger partial charge < -0.3 is 4.74 Å². The largest absolute Gasteiger partial charge is 0.457 e. The van der Waals surface area contributed by atoms with E-state index in [1.165, 1.54) is 17.7 Å². The zero-order chi connectivity index (χ0) is 22.6. The maximum Gasteiger partial charge on any atom is 0.416 e. The molecule has 4 aromatic rings. The van der Waals surface area contributed by atoms with Gasteiger partial charge in [-0.1, -0.05) is 48.0 Å². The monoisotopic (exact) mass is 454 g/mol. The van der Waals surface area contributed by atoms with Crippen molar-refractivity contribution in [1.29, 1.82) is 0 Å². The molecule has 0 saturated heterocycles. The smallest absolute Gasteiger partial charge is 0.416 e. The predicted molar refractivity (Wildman–Crippen MR) is 117 cm³/mol. The molecule has 3 aromatic carbocycles. The number of nitrogens with zero attached hydrogens (tertiary/aromatic N) is 2. The lowest BCUT2D eigenvalue weighted by Gasteiger charge is -2.12. The van der Waals surface area contributed by atoms with Crippen molar-refractivity contribution in [2.45, 2.75) is 19.0 Å². The molecular weight excluding hydrogens is 437 g/mol. The molecule has 0 fully saturated rings. The number of aromatic nitrogens is 2. The van der Waals surface area contributed by atoms with E-state index >= 15 is 0 Å². The van der Waals surface area contributed by atoms with Crippen molar-refractivity contribution < 1.29 is 17.9 Å². The lowest BCUT2D eigenvalue weighted by molar-refractivity contribution is -0.137. The molecule has 0 amide bonds. The van der Waals surface area contributed by atoms with Crippen molar-refractivity contribution in [2.24, 2.45) is 0 Å². The van der Waals surface area contributed by atoms with Gasteiger partial charge in [-0.25, -0.2) is 0 Å². The molecule has 0 aliphatic heterocycles. The fourth-order valence-corrected chi connectivity index (χ4v) is 3.47. The summed E-state index contributed by atoms with van der Waals surface area (Å²) < 4.78 is 44.5. The summed E-state index contributed by atoms with van der Waals surface area (Å²) in [7, 11) is 0. The van der Waals surface area contributed by atoms with Crippen molar-refractivity contribution >= 4 is 11.6 Å². The van der Waals surface area contributed by atoms with Crippen LogP contribution in [-0.4, -0.2) is 10.2 Å². The van der Waals surface area contributed by atoms with Crippen LogP contribution in [-0.2, 0) is 19.0 Å². The van der Waals surface area contributed by atoms with E-state index < -0.39 is 11.7 Å². The fraction of sp³-hybridized carbons (Fsp3) is 0.120. The minimum Gasteiger partial charge on any atom is -0.457 e. The Morgan fingerprint density at radius 3 is 2.34 bits per heavy atom. The third kappa shape index (κ3) is 5.65. The van der Waals surface area contributed by atoms with E-state index in [-0.39, 0.29) is 5.75 Å². The van der Waals surface area contributed by atoms with Crippen LogP contribution in [0.15, 0.2) is 85.1 Å². The highest BCUT2D eigenvalue weighted by Crippen LogP contribution is 2.33. The molecule has 32 heavy (non-hydrogen) atoms. The second-order valence-corrected chi connectivity index (χ2v) is 7.68. The van der Waals surface area contributed by atoms with Crippen LogP contribution < -0.4 is 4.74 Å². The molecule has 0 bridgehead atoms. The number of rotatable bonds is 6. The summed E-state index contributed by atoms with van der Waals surface area (Å²) in [4.78, 5) is 0. The van der Waals surface area contributed by atoms with Gasteiger partial charge in [0.1, 0.15) is 11.5 Å². The molecule has 3 nitrogen and oxygen atoms in total. The molecule has 4 rings (SSSR count). The van der Waals surface area contributed by atoms with E-state index in [2.05, 4.69) is 10.2 Å². The van der Waals surface area contributed by atoms with Crippen LogP contribution >= 0.6 is 11.6 Å². The molecule has 0 spiro atoms. The highest BCUT2D eigenvalue weighted by molar-refractivity contribution is 6.31. The van der Waals surface area contributed by atoms with Gasteiger partial charge in [0.2, 0.25) is 0 Å². The first-order chi connectivity index (χ1) is 15.4. The summed E-state index contributed by atoms with van der Waals surface area (Å²) in [6, 6.07) is 21.7. The molecule has 162 valence electrons. The minimum atomic E-state index is -4.44. The fourth-order valence-electron chi connectivity index (χ4n) is 3.29. The van der Waals surface area contributed by atoms with Gasteiger partial charge in [-0.3, -0.25) is 0 Å². The molecule has 0 radical (unpaired) electrons. The summed E-state index contributed by atoms with van der Waals surface area (Å²) in [5.41, 5.74) is 2.89. The zero-order valence-corrected chi connectivity index (χ0v) is 17.6. The quantitative estimate of drug-likeness (QED) is 0.311. The first kappa shape index (κ1) is 21.8. The van der Waals surface area contributed by atoms with Gasteiger partial charge in [0, 0.05) is 11.4 Å². The van der Waals surface area contributed by atoms with Gasteiger partial charge in [0.25, 0.3) is 0 Å². The van der Waals surface area contributed by atoms with Crippen LogP contribution in [0.1, 0.15) is 27.9 Å². The average Bonchev–Trinajstić information content (AvgIpc) is 2.77. The third-order valence-corrected chi connectivity index (χ3v) is 5.17. The number of halogens is 4. The number of hydrogen-bond donors (Lipinski definition) is 0. The third-order valence-electron chi connectivity index (χ3n) is 4.80. The second kappa shape index (κ2) is 9.40. The summed E-state index contributed by atoms with van der Waals surface area (Å²) in [5, 5.41) is 8.80. The van der Waals surface area contributed by atoms with E-state index in [1.807, 2.05) is 36.4 Å². The first-order valence-electron chi connectivity index (χ1n) is 9.85. The van der Waals surface area contributed by atoms with E-state index in [4.69, 9.17) is 16.3 Å². The van der Waals surface area contributed by atoms with Crippen molar-refractivity contribution in [3.63, 3.8) is 0 Å². The molecular formula is C25H18ClF3N2O. The van der Waals surface area contributed by atoms with Crippen molar-refractivity contribution in [3.05, 3.63) is 118 Å². The van der Waals surface area contributed by atoms with Gasteiger partial charge in [-0.15, -0.1) is 0 Å². The minimum absolute atomic E-state index is 0.0951. The van der Waals surface area contributed by atoms with E-state index in [1.54, 1.807) is 24.4 Å². The molecule has 0 saturated carbocycles. The Labute approximate surface area is 188 Å². The Balaban J connectivity index is 1.52. The molecule has 0 aliphatic rings. The van der Waals surface area contributed by atoms with Gasteiger partial charge in [-0.2, -0.15) is 23.4 Å². The van der Waals surface area contributed by atoms with Gasteiger partial charge in [0.15, 0.2) is 0 Å². The summed E-state index contributed by atoms with van der Waals surface area (Å²) >= 11 is 6.35. The predicted octanol–water partition coefficient (Wildman–Crippen LogP) is 7.12. The van der Waals surface area contributed by atoms with Gasteiger partial charge >= 0.3 is 6.18 Å². The first-order valence-corrected chi connectivity index (χ1v) is 10.2. The lowest BCUT2D eigenvalue weighted by Crippen LogP contribution is -2.04. The molecule has 7 heteroatoms. The van der Waals surface area contributed by atoms with E-state index in [0.717, 1.165) is 35.4 Å². The summed E-state index contributed by atoms with van der Waals surface area (Å²) in [6.45, 7) is 0. The van der Waals surface area contributed by atoms with Crippen molar-refractivity contribution in [2.75, 3.05) is 0 Å². The van der Waals surface area contributed by atoms with Gasteiger partial charge in [-0.05, 0) is 65.6 Å².